The number of nitrogens with zero attached hydrogens (tertiary/aromatic N) is 2. The summed E-state index contributed by atoms with van der Waals surface area (Å²) in [5.41, 5.74) is 2.72. The summed E-state index contributed by atoms with van der Waals surface area (Å²) in [7, 11) is 0. The molecule has 2 heterocycles. The molecule has 3 aromatic rings. The number of hydrogen-bond donors (Lipinski definition) is 1. The van der Waals surface area contributed by atoms with E-state index in [0.29, 0.717) is 12.1 Å². The lowest BCUT2D eigenvalue weighted by molar-refractivity contribution is -0.384. The van der Waals surface area contributed by atoms with Crippen LogP contribution in [0, 0.1) is 10.1 Å². The summed E-state index contributed by atoms with van der Waals surface area (Å²) in [6, 6.07) is 18.3. The van der Waals surface area contributed by atoms with Crippen LogP contribution in [0.2, 0.25) is 0 Å². The van der Waals surface area contributed by atoms with Gasteiger partial charge in [0.15, 0.2) is 0 Å². The van der Waals surface area contributed by atoms with E-state index in [9.17, 15) is 14.9 Å². The van der Waals surface area contributed by atoms with Gasteiger partial charge in [-0.15, -0.1) is 11.3 Å². The van der Waals surface area contributed by atoms with Crippen molar-refractivity contribution in [1.82, 2.24) is 5.32 Å². The van der Waals surface area contributed by atoms with E-state index in [1.807, 2.05) is 23.6 Å². The van der Waals surface area contributed by atoms with Gasteiger partial charge in [0.05, 0.1) is 11.0 Å². The molecule has 0 fully saturated rings. The number of hydrogen-bond acceptors (Lipinski definition) is 5. The van der Waals surface area contributed by atoms with Gasteiger partial charge in [-0.3, -0.25) is 14.9 Å². The van der Waals surface area contributed by atoms with Gasteiger partial charge in [-0.1, -0.05) is 30.3 Å². The molecule has 0 saturated carbocycles. The number of fused-ring (bicyclic) bond motifs is 1. The Kier molecular flexibility index (Phi) is 5.08. The van der Waals surface area contributed by atoms with Crippen molar-refractivity contribution < 1.29 is 9.72 Å². The fraction of sp³-hybridized carbons (Fsp3) is 0.190. The average Bonchev–Trinajstić information content (AvgIpc) is 3.39. The maximum atomic E-state index is 12.6. The van der Waals surface area contributed by atoms with Crippen LogP contribution in [0.15, 0.2) is 66.0 Å². The zero-order valence-corrected chi connectivity index (χ0v) is 15.9. The van der Waals surface area contributed by atoms with Crippen molar-refractivity contribution in [2.45, 2.75) is 12.5 Å². The highest BCUT2D eigenvalue weighted by atomic mass is 32.1. The number of amides is 1. The molecule has 28 heavy (non-hydrogen) atoms. The SMILES string of the molecule is O=C(NCC(c1cccs1)N1CCc2ccccc21)c1cccc([N+](=O)[O-])c1. The van der Waals surface area contributed by atoms with Crippen LogP contribution in [0.1, 0.15) is 26.8 Å². The molecule has 0 radical (unpaired) electrons. The smallest absolute Gasteiger partial charge is 0.270 e. The number of nitro groups is 1. The van der Waals surface area contributed by atoms with Gasteiger partial charge in [0.25, 0.3) is 11.6 Å². The molecule has 1 aliphatic rings. The van der Waals surface area contributed by atoms with Crippen LogP contribution in [0.25, 0.3) is 0 Å². The Labute approximate surface area is 166 Å². The van der Waals surface area contributed by atoms with Crippen LogP contribution in [-0.4, -0.2) is 23.9 Å². The minimum Gasteiger partial charge on any atom is -0.361 e. The molecule has 0 aliphatic carbocycles. The van der Waals surface area contributed by atoms with E-state index in [1.54, 1.807) is 17.4 Å². The minimum absolute atomic E-state index is 0.0197. The molecule has 0 bridgehead atoms. The number of carbonyl (C=O) groups excluding carboxylic acids is 1. The molecule has 1 N–H and O–H groups in total. The highest BCUT2D eigenvalue weighted by Crippen LogP contribution is 2.36. The summed E-state index contributed by atoms with van der Waals surface area (Å²) in [6.45, 7) is 1.32. The standard InChI is InChI=1S/C21H19N3O3S/c25-21(16-6-3-7-17(13-16)24(26)27)22-14-19(20-9-4-12-28-20)23-11-10-15-5-1-2-8-18(15)23/h1-9,12-13,19H,10-11,14H2,(H,22,25). The van der Waals surface area contributed by atoms with Gasteiger partial charge in [-0.2, -0.15) is 0 Å². The number of carbonyl (C=O) groups is 1. The molecule has 4 rings (SSSR count). The third-order valence-corrected chi connectivity index (χ3v) is 5.92. The van der Waals surface area contributed by atoms with Gasteiger partial charge in [0.2, 0.25) is 0 Å². The number of nitrogens with one attached hydrogen (secondary N) is 1. The number of non-ortho nitro benzene ring substituents is 1. The second-order valence-corrected chi connectivity index (χ2v) is 7.60. The lowest BCUT2D eigenvalue weighted by Crippen LogP contribution is -2.37. The third-order valence-electron chi connectivity index (χ3n) is 4.95. The molecule has 1 amide bonds. The molecule has 0 spiro atoms. The van der Waals surface area contributed by atoms with Crippen LogP contribution in [0.4, 0.5) is 11.4 Å². The number of rotatable bonds is 6. The molecule has 1 aromatic heterocycles. The van der Waals surface area contributed by atoms with Gasteiger partial charge < -0.3 is 10.2 Å². The molecule has 1 aliphatic heterocycles. The van der Waals surface area contributed by atoms with E-state index >= 15 is 0 Å². The lowest BCUT2D eigenvalue weighted by Gasteiger charge is -2.30. The number of para-hydroxylation sites is 1. The summed E-state index contributed by atoms with van der Waals surface area (Å²) in [6.07, 6.45) is 0.983. The molecule has 1 atom stereocenters. The van der Waals surface area contributed by atoms with Gasteiger partial charge in [0.1, 0.15) is 0 Å². The van der Waals surface area contributed by atoms with Crippen molar-refractivity contribution in [2.75, 3.05) is 18.0 Å². The van der Waals surface area contributed by atoms with E-state index in [1.165, 1.54) is 34.3 Å². The summed E-state index contributed by atoms with van der Waals surface area (Å²) < 4.78 is 0. The summed E-state index contributed by atoms with van der Waals surface area (Å²) in [5.74, 6) is -0.308. The molecular formula is C21H19N3O3S. The fourth-order valence-corrected chi connectivity index (χ4v) is 4.42. The van der Waals surface area contributed by atoms with E-state index in [-0.39, 0.29) is 17.6 Å². The van der Waals surface area contributed by atoms with Crippen molar-refractivity contribution in [2.24, 2.45) is 0 Å². The van der Waals surface area contributed by atoms with E-state index in [2.05, 4.69) is 28.4 Å². The second-order valence-electron chi connectivity index (χ2n) is 6.62. The van der Waals surface area contributed by atoms with Crippen molar-refractivity contribution in [1.29, 1.82) is 0 Å². The first-order chi connectivity index (χ1) is 13.6. The van der Waals surface area contributed by atoms with E-state index in [4.69, 9.17) is 0 Å². The van der Waals surface area contributed by atoms with E-state index in [0.717, 1.165) is 13.0 Å². The molecule has 7 heteroatoms. The Morgan fingerprint density at radius 1 is 1.18 bits per heavy atom. The van der Waals surface area contributed by atoms with Gasteiger partial charge in [0, 0.05) is 41.4 Å². The first kappa shape index (κ1) is 18.2. The first-order valence-corrected chi connectivity index (χ1v) is 9.92. The first-order valence-electron chi connectivity index (χ1n) is 9.04. The highest BCUT2D eigenvalue weighted by Gasteiger charge is 2.28. The zero-order valence-electron chi connectivity index (χ0n) is 15.1. The van der Waals surface area contributed by atoms with Crippen molar-refractivity contribution >= 4 is 28.6 Å². The van der Waals surface area contributed by atoms with Crippen LogP contribution in [0.3, 0.4) is 0 Å². The molecule has 6 nitrogen and oxygen atoms in total. The van der Waals surface area contributed by atoms with Gasteiger partial charge in [-0.25, -0.2) is 0 Å². The van der Waals surface area contributed by atoms with Gasteiger partial charge >= 0.3 is 0 Å². The van der Waals surface area contributed by atoms with Crippen molar-refractivity contribution in [3.05, 3.63) is 92.2 Å². The largest absolute Gasteiger partial charge is 0.361 e. The summed E-state index contributed by atoms with van der Waals surface area (Å²) >= 11 is 1.66. The lowest BCUT2D eigenvalue weighted by atomic mass is 10.1. The Hall–Kier alpha value is -3.19. The predicted molar refractivity (Wildman–Crippen MR) is 110 cm³/mol. The number of nitro benzene ring substituents is 1. The van der Waals surface area contributed by atoms with Crippen molar-refractivity contribution in [3.63, 3.8) is 0 Å². The number of benzene rings is 2. The van der Waals surface area contributed by atoms with Crippen LogP contribution in [-0.2, 0) is 6.42 Å². The molecule has 1 unspecified atom stereocenters. The Balaban J connectivity index is 1.54. The second kappa shape index (κ2) is 7.82. The predicted octanol–water partition coefficient (Wildman–Crippen LogP) is 4.19. The van der Waals surface area contributed by atoms with Crippen LogP contribution < -0.4 is 10.2 Å². The molecule has 142 valence electrons. The Morgan fingerprint density at radius 3 is 2.82 bits per heavy atom. The van der Waals surface area contributed by atoms with Crippen molar-refractivity contribution in [3.8, 4) is 0 Å². The summed E-state index contributed by atoms with van der Waals surface area (Å²) in [4.78, 5) is 26.6. The maximum Gasteiger partial charge on any atom is 0.270 e. The van der Waals surface area contributed by atoms with Gasteiger partial charge in [-0.05, 0) is 35.6 Å². The third kappa shape index (κ3) is 3.61. The highest BCUT2D eigenvalue weighted by molar-refractivity contribution is 7.10. The Morgan fingerprint density at radius 2 is 2.04 bits per heavy atom. The number of thiophene rings is 1. The Bertz CT molecular complexity index is 1000. The molecule has 0 saturated heterocycles. The normalized spacial score (nSPS) is 13.8. The quantitative estimate of drug-likeness (QED) is 0.503. The monoisotopic (exact) mass is 393 g/mol. The minimum atomic E-state index is -0.494. The summed E-state index contributed by atoms with van der Waals surface area (Å²) in [5, 5.41) is 16.0. The fourth-order valence-electron chi connectivity index (χ4n) is 3.58. The maximum absolute atomic E-state index is 12.6. The zero-order chi connectivity index (χ0) is 19.5. The molecular weight excluding hydrogens is 374 g/mol. The van der Waals surface area contributed by atoms with E-state index < -0.39 is 4.92 Å². The van der Waals surface area contributed by atoms with Crippen LogP contribution >= 0.6 is 11.3 Å². The topological polar surface area (TPSA) is 75.5 Å². The molecule has 2 aromatic carbocycles. The number of anilines is 1. The van der Waals surface area contributed by atoms with Crippen LogP contribution in [0.5, 0.6) is 0 Å². The average molecular weight is 393 g/mol.